The Hall–Kier alpha value is -0.0400. The SMILES string of the molecule is CCCCC(C)COC1CCCCC1. The normalized spacial score (nSPS) is 21.0. The smallest absolute Gasteiger partial charge is 0.0575 e. The lowest BCUT2D eigenvalue weighted by Crippen LogP contribution is -2.19. The van der Waals surface area contributed by atoms with Gasteiger partial charge in [-0.3, -0.25) is 0 Å². The Morgan fingerprint density at radius 3 is 2.57 bits per heavy atom. The Bertz CT molecular complexity index is 127. The molecule has 1 fully saturated rings. The standard InChI is InChI=1S/C13H26O/c1-3-4-8-12(2)11-14-13-9-6-5-7-10-13/h12-13H,3-11H2,1-2H3. The van der Waals surface area contributed by atoms with Gasteiger partial charge in [0.2, 0.25) is 0 Å². The minimum atomic E-state index is 0.591. The van der Waals surface area contributed by atoms with Crippen molar-refractivity contribution in [2.75, 3.05) is 6.61 Å². The van der Waals surface area contributed by atoms with E-state index in [-0.39, 0.29) is 0 Å². The quantitative estimate of drug-likeness (QED) is 0.622. The second kappa shape index (κ2) is 7.28. The molecular formula is C13H26O. The minimum absolute atomic E-state index is 0.591. The molecule has 0 N–H and O–H groups in total. The molecule has 1 saturated carbocycles. The first-order valence-electron chi connectivity index (χ1n) is 6.44. The molecule has 0 aliphatic heterocycles. The van der Waals surface area contributed by atoms with Gasteiger partial charge >= 0.3 is 0 Å². The Kier molecular flexibility index (Phi) is 6.25. The third-order valence-electron chi connectivity index (χ3n) is 3.22. The molecule has 14 heavy (non-hydrogen) atoms. The zero-order chi connectivity index (χ0) is 10.2. The summed E-state index contributed by atoms with van der Waals surface area (Å²) in [6.07, 6.45) is 11.4. The first-order valence-corrected chi connectivity index (χ1v) is 6.44. The molecule has 1 atom stereocenters. The van der Waals surface area contributed by atoms with Crippen molar-refractivity contribution in [2.45, 2.75) is 71.3 Å². The minimum Gasteiger partial charge on any atom is -0.378 e. The third-order valence-corrected chi connectivity index (χ3v) is 3.22. The van der Waals surface area contributed by atoms with E-state index in [0.717, 1.165) is 12.5 Å². The van der Waals surface area contributed by atoms with Crippen LogP contribution in [-0.2, 0) is 4.74 Å². The Morgan fingerprint density at radius 1 is 1.21 bits per heavy atom. The highest BCUT2D eigenvalue weighted by Gasteiger charge is 2.14. The summed E-state index contributed by atoms with van der Waals surface area (Å²) in [5, 5.41) is 0. The summed E-state index contributed by atoms with van der Waals surface area (Å²) in [7, 11) is 0. The molecule has 0 aromatic carbocycles. The van der Waals surface area contributed by atoms with Crippen molar-refractivity contribution in [3.05, 3.63) is 0 Å². The van der Waals surface area contributed by atoms with Crippen molar-refractivity contribution < 1.29 is 4.74 Å². The Labute approximate surface area is 89.2 Å². The average Bonchev–Trinajstić information content (AvgIpc) is 2.25. The van der Waals surface area contributed by atoms with Crippen molar-refractivity contribution in [1.82, 2.24) is 0 Å². The van der Waals surface area contributed by atoms with Crippen LogP contribution >= 0.6 is 0 Å². The predicted octanol–water partition coefficient (Wildman–Crippen LogP) is 4.16. The van der Waals surface area contributed by atoms with E-state index in [1.54, 1.807) is 0 Å². The molecule has 0 bridgehead atoms. The van der Waals surface area contributed by atoms with Crippen LogP contribution < -0.4 is 0 Å². The fraction of sp³-hybridized carbons (Fsp3) is 1.00. The van der Waals surface area contributed by atoms with Crippen LogP contribution in [0.2, 0.25) is 0 Å². The van der Waals surface area contributed by atoms with Crippen LogP contribution in [0.3, 0.4) is 0 Å². The predicted molar refractivity (Wildman–Crippen MR) is 61.5 cm³/mol. The summed E-state index contributed by atoms with van der Waals surface area (Å²) < 4.78 is 5.94. The fourth-order valence-electron chi connectivity index (χ4n) is 2.17. The molecule has 0 saturated heterocycles. The zero-order valence-corrected chi connectivity index (χ0v) is 9.93. The molecule has 84 valence electrons. The molecule has 0 aromatic heterocycles. The van der Waals surface area contributed by atoms with Gasteiger partial charge in [0.1, 0.15) is 0 Å². The van der Waals surface area contributed by atoms with Crippen molar-refractivity contribution in [3.63, 3.8) is 0 Å². The number of unbranched alkanes of at least 4 members (excludes halogenated alkanes) is 1. The first-order chi connectivity index (χ1) is 6.83. The van der Waals surface area contributed by atoms with Gasteiger partial charge in [0.15, 0.2) is 0 Å². The largest absolute Gasteiger partial charge is 0.378 e. The monoisotopic (exact) mass is 198 g/mol. The van der Waals surface area contributed by atoms with E-state index in [9.17, 15) is 0 Å². The van der Waals surface area contributed by atoms with E-state index in [1.165, 1.54) is 51.4 Å². The van der Waals surface area contributed by atoms with E-state index in [1.807, 2.05) is 0 Å². The number of ether oxygens (including phenoxy) is 1. The molecule has 1 unspecified atom stereocenters. The maximum Gasteiger partial charge on any atom is 0.0575 e. The second-order valence-electron chi connectivity index (χ2n) is 4.84. The lowest BCUT2D eigenvalue weighted by atomic mass is 9.97. The van der Waals surface area contributed by atoms with Crippen molar-refractivity contribution in [2.24, 2.45) is 5.92 Å². The van der Waals surface area contributed by atoms with Crippen LogP contribution in [0, 0.1) is 5.92 Å². The van der Waals surface area contributed by atoms with E-state index in [2.05, 4.69) is 13.8 Å². The number of hydrogen-bond acceptors (Lipinski definition) is 1. The molecule has 0 amide bonds. The molecule has 1 heteroatoms. The highest BCUT2D eigenvalue weighted by Crippen LogP contribution is 2.21. The molecule has 1 rings (SSSR count). The summed E-state index contributed by atoms with van der Waals surface area (Å²) in [5.41, 5.74) is 0. The van der Waals surface area contributed by atoms with E-state index < -0.39 is 0 Å². The van der Waals surface area contributed by atoms with Gasteiger partial charge in [-0.05, 0) is 25.2 Å². The van der Waals surface area contributed by atoms with Crippen LogP contribution in [0.15, 0.2) is 0 Å². The molecule has 0 spiro atoms. The van der Waals surface area contributed by atoms with Crippen LogP contribution in [0.1, 0.15) is 65.2 Å². The van der Waals surface area contributed by atoms with E-state index in [4.69, 9.17) is 4.74 Å². The molecule has 0 radical (unpaired) electrons. The number of hydrogen-bond donors (Lipinski definition) is 0. The molecule has 0 aromatic rings. The van der Waals surface area contributed by atoms with E-state index >= 15 is 0 Å². The summed E-state index contributed by atoms with van der Waals surface area (Å²) in [5.74, 6) is 0.761. The highest BCUT2D eigenvalue weighted by atomic mass is 16.5. The highest BCUT2D eigenvalue weighted by molar-refractivity contribution is 4.65. The maximum atomic E-state index is 5.94. The third kappa shape index (κ3) is 4.99. The van der Waals surface area contributed by atoms with Gasteiger partial charge in [0.25, 0.3) is 0 Å². The van der Waals surface area contributed by atoms with Crippen LogP contribution in [0.4, 0.5) is 0 Å². The second-order valence-corrected chi connectivity index (χ2v) is 4.84. The van der Waals surface area contributed by atoms with E-state index in [0.29, 0.717) is 6.10 Å². The molecule has 0 heterocycles. The van der Waals surface area contributed by atoms with Crippen LogP contribution in [0.5, 0.6) is 0 Å². The van der Waals surface area contributed by atoms with Gasteiger partial charge in [-0.15, -0.1) is 0 Å². The maximum absolute atomic E-state index is 5.94. The summed E-state index contributed by atoms with van der Waals surface area (Å²) in [4.78, 5) is 0. The number of rotatable bonds is 6. The topological polar surface area (TPSA) is 9.23 Å². The molecule has 1 nitrogen and oxygen atoms in total. The van der Waals surface area contributed by atoms with Gasteiger partial charge in [-0.1, -0.05) is 46.0 Å². The Balaban J connectivity index is 2.00. The fourth-order valence-corrected chi connectivity index (χ4v) is 2.17. The van der Waals surface area contributed by atoms with Gasteiger partial charge in [-0.25, -0.2) is 0 Å². The molecular weight excluding hydrogens is 172 g/mol. The summed E-state index contributed by atoms with van der Waals surface area (Å²) in [6.45, 7) is 5.57. The van der Waals surface area contributed by atoms with Crippen molar-refractivity contribution in [1.29, 1.82) is 0 Å². The first kappa shape index (κ1) is 12.0. The average molecular weight is 198 g/mol. The van der Waals surface area contributed by atoms with Crippen LogP contribution in [-0.4, -0.2) is 12.7 Å². The summed E-state index contributed by atoms with van der Waals surface area (Å²) >= 11 is 0. The van der Waals surface area contributed by atoms with Crippen molar-refractivity contribution in [3.8, 4) is 0 Å². The summed E-state index contributed by atoms with van der Waals surface area (Å²) in [6, 6.07) is 0. The van der Waals surface area contributed by atoms with Crippen molar-refractivity contribution >= 4 is 0 Å². The van der Waals surface area contributed by atoms with Gasteiger partial charge in [0.05, 0.1) is 6.10 Å². The van der Waals surface area contributed by atoms with Gasteiger partial charge in [0, 0.05) is 6.61 Å². The molecule has 1 aliphatic carbocycles. The van der Waals surface area contributed by atoms with Crippen LogP contribution in [0.25, 0.3) is 0 Å². The zero-order valence-electron chi connectivity index (χ0n) is 9.93. The lowest BCUT2D eigenvalue weighted by molar-refractivity contribution is 0.00918. The molecule has 1 aliphatic rings. The Morgan fingerprint density at radius 2 is 1.93 bits per heavy atom. The van der Waals surface area contributed by atoms with Gasteiger partial charge in [-0.2, -0.15) is 0 Å². The lowest BCUT2D eigenvalue weighted by Gasteiger charge is -2.23. The van der Waals surface area contributed by atoms with Gasteiger partial charge < -0.3 is 4.74 Å².